The van der Waals surface area contributed by atoms with E-state index in [1.807, 2.05) is 11.6 Å². The van der Waals surface area contributed by atoms with Crippen molar-refractivity contribution in [2.24, 2.45) is 7.05 Å². The van der Waals surface area contributed by atoms with Crippen LogP contribution >= 0.6 is 0 Å². The second kappa shape index (κ2) is 9.53. The van der Waals surface area contributed by atoms with Gasteiger partial charge in [-0.05, 0) is 19.4 Å². The zero-order chi connectivity index (χ0) is 20.1. The molecule has 0 radical (unpaired) electrons. The molecule has 4 heterocycles. The second-order valence-electron chi connectivity index (χ2n) is 7.79. The predicted molar refractivity (Wildman–Crippen MR) is 114 cm³/mol. The van der Waals surface area contributed by atoms with Gasteiger partial charge in [0.2, 0.25) is 0 Å². The zero-order valence-corrected chi connectivity index (χ0v) is 17.5. The number of piperazine rings is 1. The Kier molecular flexibility index (Phi) is 6.60. The predicted octanol–water partition coefficient (Wildman–Crippen LogP) is 0.990. The van der Waals surface area contributed by atoms with Gasteiger partial charge in [0, 0.05) is 46.3 Å². The van der Waals surface area contributed by atoms with Gasteiger partial charge < -0.3 is 19.1 Å². The molecule has 0 bridgehead atoms. The van der Waals surface area contributed by atoms with Crippen LogP contribution in [-0.2, 0) is 11.8 Å². The lowest BCUT2D eigenvalue weighted by molar-refractivity contribution is 0.0593. The van der Waals surface area contributed by atoms with Crippen molar-refractivity contribution in [3.05, 3.63) is 12.7 Å². The maximum absolute atomic E-state index is 6.00. The highest BCUT2D eigenvalue weighted by Gasteiger charge is 2.23. The van der Waals surface area contributed by atoms with Crippen LogP contribution in [0.25, 0.3) is 11.2 Å². The van der Waals surface area contributed by atoms with E-state index in [9.17, 15) is 0 Å². The van der Waals surface area contributed by atoms with Gasteiger partial charge in [-0.15, -0.1) is 0 Å². The molecule has 2 aromatic rings. The maximum Gasteiger partial charge on any atom is 0.165 e. The summed E-state index contributed by atoms with van der Waals surface area (Å²) in [6.07, 6.45) is 5.66. The molecule has 0 atom stereocenters. The summed E-state index contributed by atoms with van der Waals surface area (Å²) in [5.74, 6) is 7.41. The summed E-state index contributed by atoms with van der Waals surface area (Å²) in [4.78, 5) is 20.5. The summed E-state index contributed by atoms with van der Waals surface area (Å²) in [5.41, 5.74) is 1.75. The molecule has 29 heavy (non-hydrogen) atoms. The van der Waals surface area contributed by atoms with Crippen molar-refractivity contribution >= 4 is 17.0 Å². The van der Waals surface area contributed by atoms with E-state index in [0.717, 1.165) is 82.2 Å². The lowest BCUT2D eigenvalue weighted by atomic mass is 10.1. The van der Waals surface area contributed by atoms with Crippen molar-refractivity contribution in [1.29, 1.82) is 0 Å². The van der Waals surface area contributed by atoms with Crippen molar-refractivity contribution in [3.8, 4) is 11.8 Å². The van der Waals surface area contributed by atoms with Crippen LogP contribution < -0.4 is 4.90 Å². The fraction of sp³-hybridized carbons (Fsp3) is 0.667. The number of aromatic nitrogens is 4. The fourth-order valence-corrected chi connectivity index (χ4v) is 4.04. The van der Waals surface area contributed by atoms with E-state index in [1.165, 1.54) is 0 Å². The standard InChI is InChI=1S/C21H31N7O/c1-3-26-11-13-27(14-12-26)8-4-5-15-29-18-6-9-28(10-7-18)21-19-20(22-16-23-21)25(2)17-24-19/h16-18H,3,6-15H2,1-2H3. The van der Waals surface area contributed by atoms with Crippen LogP contribution in [0.15, 0.2) is 12.7 Å². The third kappa shape index (κ3) is 4.86. The minimum Gasteiger partial charge on any atom is -0.365 e. The Morgan fingerprint density at radius 3 is 2.52 bits per heavy atom. The molecule has 0 amide bonds. The summed E-state index contributed by atoms with van der Waals surface area (Å²) >= 11 is 0. The number of hydrogen-bond acceptors (Lipinski definition) is 7. The molecule has 0 aliphatic carbocycles. The number of aryl methyl sites for hydroxylation is 1. The summed E-state index contributed by atoms with van der Waals surface area (Å²) < 4.78 is 7.93. The van der Waals surface area contributed by atoms with E-state index in [4.69, 9.17) is 4.74 Å². The topological polar surface area (TPSA) is 62.6 Å². The highest BCUT2D eigenvalue weighted by Crippen LogP contribution is 2.24. The molecule has 0 N–H and O–H groups in total. The highest BCUT2D eigenvalue weighted by molar-refractivity contribution is 5.83. The summed E-state index contributed by atoms with van der Waals surface area (Å²) in [7, 11) is 1.96. The lowest BCUT2D eigenvalue weighted by Gasteiger charge is -2.32. The molecule has 2 aliphatic heterocycles. The molecular weight excluding hydrogens is 366 g/mol. The van der Waals surface area contributed by atoms with Crippen molar-refractivity contribution in [1.82, 2.24) is 29.3 Å². The van der Waals surface area contributed by atoms with Crippen molar-refractivity contribution in [2.75, 3.05) is 63.9 Å². The molecule has 2 fully saturated rings. The first-order chi connectivity index (χ1) is 14.2. The average molecular weight is 398 g/mol. The van der Waals surface area contributed by atoms with Crippen molar-refractivity contribution in [2.45, 2.75) is 25.9 Å². The number of fused-ring (bicyclic) bond motifs is 1. The second-order valence-corrected chi connectivity index (χ2v) is 7.79. The first kappa shape index (κ1) is 20.1. The van der Waals surface area contributed by atoms with Crippen LogP contribution in [0.1, 0.15) is 19.8 Å². The summed E-state index contributed by atoms with van der Waals surface area (Å²) in [6.45, 7) is 11.1. The van der Waals surface area contributed by atoms with Crippen molar-refractivity contribution < 1.29 is 4.74 Å². The number of likely N-dealkylation sites (N-methyl/N-ethyl adjacent to an activating group) is 1. The lowest BCUT2D eigenvalue weighted by Crippen LogP contribution is -2.46. The Bertz CT molecular complexity index is 855. The molecule has 156 valence electrons. The van der Waals surface area contributed by atoms with Gasteiger partial charge in [-0.1, -0.05) is 18.8 Å². The maximum atomic E-state index is 6.00. The molecule has 0 aromatic carbocycles. The number of anilines is 1. The SMILES string of the molecule is CCN1CCN(CC#CCOC2CCN(c3ncnc4c3ncn4C)CC2)CC1. The number of imidazole rings is 1. The van der Waals surface area contributed by atoms with Crippen LogP contribution in [0.4, 0.5) is 5.82 Å². The van der Waals surface area contributed by atoms with Gasteiger partial charge in [0.05, 0.1) is 19.0 Å². The number of nitrogens with zero attached hydrogens (tertiary/aromatic N) is 7. The smallest absolute Gasteiger partial charge is 0.165 e. The Morgan fingerprint density at radius 1 is 1.00 bits per heavy atom. The van der Waals surface area contributed by atoms with Gasteiger partial charge in [0.25, 0.3) is 0 Å². The molecule has 0 unspecified atom stereocenters. The summed E-state index contributed by atoms with van der Waals surface area (Å²) in [6, 6.07) is 0. The molecule has 2 aliphatic rings. The molecule has 8 nitrogen and oxygen atoms in total. The monoisotopic (exact) mass is 397 g/mol. The van der Waals surface area contributed by atoms with Crippen LogP contribution in [0, 0.1) is 11.8 Å². The van der Waals surface area contributed by atoms with E-state index in [1.54, 1.807) is 12.7 Å². The third-order valence-electron chi connectivity index (χ3n) is 5.95. The number of ether oxygens (including phenoxy) is 1. The third-order valence-corrected chi connectivity index (χ3v) is 5.95. The average Bonchev–Trinajstić information content (AvgIpc) is 3.15. The van der Waals surface area contributed by atoms with E-state index in [0.29, 0.717) is 6.61 Å². The molecular formula is C21H31N7O. The van der Waals surface area contributed by atoms with Gasteiger partial charge in [-0.3, -0.25) is 4.90 Å². The fourth-order valence-electron chi connectivity index (χ4n) is 4.04. The Hall–Kier alpha value is -2.21. The molecule has 8 heteroatoms. The molecule has 2 saturated heterocycles. The number of rotatable bonds is 5. The molecule has 0 saturated carbocycles. The number of hydrogen-bond donors (Lipinski definition) is 0. The van der Waals surface area contributed by atoms with Gasteiger partial charge in [-0.2, -0.15) is 0 Å². The van der Waals surface area contributed by atoms with E-state index < -0.39 is 0 Å². The highest BCUT2D eigenvalue weighted by atomic mass is 16.5. The van der Waals surface area contributed by atoms with Gasteiger partial charge in [0.15, 0.2) is 17.0 Å². The quantitative estimate of drug-likeness (QED) is 0.697. The molecule has 2 aromatic heterocycles. The Labute approximate surface area is 172 Å². The first-order valence-electron chi connectivity index (χ1n) is 10.6. The summed E-state index contributed by atoms with van der Waals surface area (Å²) in [5, 5.41) is 0. The number of piperidine rings is 1. The van der Waals surface area contributed by atoms with Gasteiger partial charge in [0.1, 0.15) is 12.9 Å². The normalized spacial score (nSPS) is 19.4. The van der Waals surface area contributed by atoms with Crippen LogP contribution in [0.5, 0.6) is 0 Å². The van der Waals surface area contributed by atoms with E-state index in [2.05, 4.69) is 48.4 Å². The van der Waals surface area contributed by atoms with Crippen LogP contribution in [0.2, 0.25) is 0 Å². The Balaban J connectivity index is 1.19. The van der Waals surface area contributed by atoms with E-state index >= 15 is 0 Å². The Morgan fingerprint density at radius 2 is 1.76 bits per heavy atom. The van der Waals surface area contributed by atoms with Gasteiger partial charge >= 0.3 is 0 Å². The molecule has 4 rings (SSSR count). The minimum absolute atomic E-state index is 0.273. The molecule has 0 spiro atoms. The first-order valence-corrected chi connectivity index (χ1v) is 10.6. The van der Waals surface area contributed by atoms with Crippen LogP contribution in [0.3, 0.4) is 0 Å². The largest absolute Gasteiger partial charge is 0.365 e. The van der Waals surface area contributed by atoms with Crippen molar-refractivity contribution in [3.63, 3.8) is 0 Å². The zero-order valence-electron chi connectivity index (χ0n) is 17.5. The van der Waals surface area contributed by atoms with Crippen LogP contribution in [-0.4, -0.2) is 94.4 Å². The minimum atomic E-state index is 0.273. The van der Waals surface area contributed by atoms with E-state index in [-0.39, 0.29) is 6.10 Å². The van der Waals surface area contributed by atoms with Gasteiger partial charge in [-0.25, -0.2) is 15.0 Å².